The molecule has 0 fully saturated rings. The zero-order valence-corrected chi connectivity index (χ0v) is 22.6. The van der Waals surface area contributed by atoms with E-state index in [1.807, 2.05) is 52.0 Å². The maximum absolute atomic E-state index is 13.9. The van der Waals surface area contributed by atoms with Gasteiger partial charge in [0.05, 0.1) is 7.11 Å². The Morgan fingerprint density at radius 1 is 1.00 bits per heavy atom. The van der Waals surface area contributed by atoms with Gasteiger partial charge in [-0.15, -0.1) is 10.2 Å². The lowest BCUT2D eigenvalue weighted by Crippen LogP contribution is -2.50. The number of amides is 2. The number of nitrogens with one attached hydrogen (secondary N) is 1. The van der Waals surface area contributed by atoms with Crippen molar-refractivity contribution in [2.45, 2.75) is 45.8 Å². The molecule has 2 amide bonds. The van der Waals surface area contributed by atoms with E-state index in [1.54, 1.807) is 43.5 Å². The summed E-state index contributed by atoms with van der Waals surface area (Å²) in [5.74, 6) is 0.220. The van der Waals surface area contributed by atoms with Crippen molar-refractivity contribution in [1.82, 2.24) is 25.5 Å². The second kappa shape index (κ2) is 11.3. The number of aromatic nitrogens is 4. The number of methoxy groups -OCH3 is 1. The summed E-state index contributed by atoms with van der Waals surface area (Å²) in [4.78, 5) is 30.3. The minimum atomic E-state index is -1.05. The van der Waals surface area contributed by atoms with Crippen LogP contribution >= 0.6 is 0 Å². The van der Waals surface area contributed by atoms with Gasteiger partial charge in [0, 0.05) is 16.8 Å². The zero-order valence-electron chi connectivity index (χ0n) is 22.6. The standard InChI is InChI=1S/C29H32N6O4/c1-19-6-8-21(9-7-19)27-31-33-34(32-27)18-25(37)35(22-12-16-24(39-5)17-13-22)26(28(38)30-29(2,3)4)20-10-14-23(36)15-11-20/h6-17,26,36H,18H2,1-5H3,(H,30,38)/t26-/m1/s1. The average Bonchev–Trinajstić information content (AvgIpc) is 3.35. The van der Waals surface area contributed by atoms with E-state index in [1.165, 1.54) is 21.8 Å². The van der Waals surface area contributed by atoms with Crippen molar-refractivity contribution >= 4 is 17.5 Å². The number of carbonyl (C=O) groups is 2. The SMILES string of the molecule is COc1ccc(N(C(=O)Cn2nnc(-c3ccc(C)cc3)n2)[C@@H](C(=O)NC(C)(C)C)c2ccc(O)cc2)cc1. The lowest BCUT2D eigenvalue weighted by atomic mass is 10.0. The van der Waals surface area contributed by atoms with Crippen LogP contribution in [0.5, 0.6) is 11.5 Å². The zero-order chi connectivity index (χ0) is 28.2. The molecule has 0 bridgehead atoms. The Labute approximate surface area is 227 Å². The van der Waals surface area contributed by atoms with Crippen LogP contribution in [-0.4, -0.2) is 49.8 Å². The summed E-state index contributed by atoms with van der Waals surface area (Å²) in [6.07, 6.45) is 0. The van der Waals surface area contributed by atoms with Crippen LogP contribution < -0.4 is 15.0 Å². The van der Waals surface area contributed by atoms with Crippen LogP contribution in [0.4, 0.5) is 5.69 Å². The van der Waals surface area contributed by atoms with Gasteiger partial charge in [-0.05, 0) is 74.9 Å². The molecule has 202 valence electrons. The van der Waals surface area contributed by atoms with Gasteiger partial charge in [-0.3, -0.25) is 14.5 Å². The summed E-state index contributed by atoms with van der Waals surface area (Å²) in [6, 6.07) is 19.7. The molecule has 1 aromatic heterocycles. The number of benzene rings is 3. The molecule has 0 radical (unpaired) electrons. The fourth-order valence-electron chi connectivity index (χ4n) is 4.02. The highest BCUT2D eigenvalue weighted by Gasteiger charge is 2.35. The van der Waals surface area contributed by atoms with Crippen molar-refractivity contribution in [1.29, 1.82) is 0 Å². The molecule has 39 heavy (non-hydrogen) atoms. The number of anilines is 1. The van der Waals surface area contributed by atoms with Crippen LogP contribution in [0.2, 0.25) is 0 Å². The molecule has 2 N–H and O–H groups in total. The molecule has 4 aromatic rings. The summed E-state index contributed by atoms with van der Waals surface area (Å²) >= 11 is 0. The molecule has 0 spiro atoms. The van der Waals surface area contributed by atoms with E-state index in [4.69, 9.17) is 4.74 Å². The van der Waals surface area contributed by atoms with Gasteiger partial charge < -0.3 is 15.2 Å². The third-order valence-electron chi connectivity index (χ3n) is 5.87. The summed E-state index contributed by atoms with van der Waals surface area (Å²) < 4.78 is 5.29. The topological polar surface area (TPSA) is 122 Å². The smallest absolute Gasteiger partial charge is 0.251 e. The molecular formula is C29H32N6O4. The Balaban J connectivity index is 1.74. The number of rotatable bonds is 8. The first-order valence-electron chi connectivity index (χ1n) is 12.5. The number of aryl methyl sites for hydroxylation is 1. The first kappa shape index (κ1) is 27.3. The molecule has 10 heteroatoms. The molecule has 0 aliphatic carbocycles. The highest BCUT2D eigenvalue weighted by molar-refractivity contribution is 6.01. The van der Waals surface area contributed by atoms with Crippen molar-refractivity contribution in [3.8, 4) is 22.9 Å². The maximum atomic E-state index is 13.9. The minimum absolute atomic E-state index is 0.0477. The predicted molar refractivity (Wildman–Crippen MR) is 147 cm³/mol. The third kappa shape index (κ3) is 6.78. The quantitative estimate of drug-likeness (QED) is 0.354. The molecule has 0 unspecified atom stereocenters. The van der Waals surface area contributed by atoms with E-state index >= 15 is 0 Å². The Bertz CT molecular complexity index is 1420. The van der Waals surface area contributed by atoms with Crippen molar-refractivity contribution < 1.29 is 19.4 Å². The molecule has 10 nitrogen and oxygen atoms in total. The van der Waals surface area contributed by atoms with Crippen LogP contribution in [0, 0.1) is 6.92 Å². The first-order valence-corrected chi connectivity index (χ1v) is 12.5. The number of phenolic OH excluding ortho intramolecular Hbond substituents is 1. The largest absolute Gasteiger partial charge is 0.508 e. The Morgan fingerprint density at radius 3 is 2.23 bits per heavy atom. The van der Waals surface area contributed by atoms with Crippen LogP contribution in [0.25, 0.3) is 11.4 Å². The summed E-state index contributed by atoms with van der Waals surface area (Å²) in [5, 5.41) is 25.4. The first-order chi connectivity index (χ1) is 18.5. The van der Waals surface area contributed by atoms with Crippen molar-refractivity contribution in [3.63, 3.8) is 0 Å². The molecule has 1 atom stereocenters. The van der Waals surface area contributed by atoms with Crippen LogP contribution in [0.1, 0.15) is 37.9 Å². The lowest BCUT2D eigenvalue weighted by molar-refractivity contribution is -0.128. The number of hydrogen-bond donors (Lipinski definition) is 2. The molecule has 1 heterocycles. The number of tetrazole rings is 1. The van der Waals surface area contributed by atoms with Gasteiger partial charge in [0.15, 0.2) is 0 Å². The normalized spacial score (nSPS) is 12.0. The Hall–Kier alpha value is -4.73. The van der Waals surface area contributed by atoms with Crippen molar-refractivity contribution in [2.75, 3.05) is 12.0 Å². The number of aromatic hydroxyl groups is 1. The summed E-state index contributed by atoms with van der Waals surface area (Å²) in [5.41, 5.74) is 2.31. The molecule has 0 saturated carbocycles. The van der Waals surface area contributed by atoms with Crippen molar-refractivity contribution in [3.05, 3.63) is 83.9 Å². The summed E-state index contributed by atoms with van der Waals surface area (Å²) in [6.45, 7) is 7.32. The van der Waals surface area contributed by atoms with E-state index in [0.717, 1.165) is 11.1 Å². The van der Waals surface area contributed by atoms with Crippen LogP contribution in [0.3, 0.4) is 0 Å². The number of ether oxygens (including phenoxy) is 1. The molecule has 0 aliphatic heterocycles. The number of phenols is 1. The molecule has 0 aliphatic rings. The highest BCUT2D eigenvalue weighted by atomic mass is 16.5. The fourth-order valence-corrected chi connectivity index (χ4v) is 4.02. The van der Waals surface area contributed by atoms with E-state index in [-0.39, 0.29) is 18.2 Å². The molecule has 3 aromatic carbocycles. The highest BCUT2D eigenvalue weighted by Crippen LogP contribution is 2.31. The Kier molecular flexibility index (Phi) is 7.94. The second-order valence-electron chi connectivity index (χ2n) is 10.2. The fraction of sp³-hybridized carbons (Fsp3) is 0.276. The van der Waals surface area contributed by atoms with E-state index in [9.17, 15) is 14.7 Å². The van der Waals surface area contributed by atoms with E-state index < -0.39 is 17.5 Å². The third-order valence-corrected chi connectivity index (χ3v) is 5.87. The van der Waals surface area contributed by atoms with E-state index in [2.05, 4.69) is 20.7 Å². The van der Waals surface area contributed by atoms with Gasteiger partial charge in [-0.1, -0.05) is 42.0 Å². The molecular weight excluding hydrogens is 496 g/mol. The summed E-state index contributed by atoms with van der Waals surface area (Å²) in [7, 11) is 1.55. The number of hydrogen-bond acceptors (Lipinski definition) is 7. The minimum Gasteiger partial charge on any atom is -0.508 e. The number of nitrogens with zero attached hydrogens (tertiary/aromatic N) is 5. The van der Waals surface area contributed by atoms with Gasteiger partial charge in [0.1, 0.15) is 24.1 Å². The van der Waals surface area contributed by atoms with Gasteiger partial charge in [0.25, 0.3) is 5.91 Å². The maximum Gasteiger partial charge on any atom is 0.251 e. The van der Waals surface area contributed by atoms with Crippen LogP contribution in [0.15, 0.2) is 72.8 Å². The van der Waals surface area contributed by atoms with Gasteiger partial charge in [-0.25, -0.2) is 0 Å². The second-order valence-corrected chi connectivity index (χ2v) is 10.2. The predicted octanol–water partition coefficient (Wildman–Crippen LogP) is 4.05. The van der Waals surface area contributed by atoms with Gasteiger partial charge in [-0.2, -0.15) is 4.80 Å². The average molecular weight is 529 g/mol. The molecule has 0 saturated heterocycles. The molecule has 4 rings (SSSR count). The van der Waals surface area contributed by atoms with Crippen LogP contribution in [-0.2, 0) is 16.1 Å². The van der Waals surface area contributed by atoms with E-state index in [0.29, 0.717) is 22.8 Å². The van der Waals surface area contributed by atoms with Gasteiger partial charge in [0.2, 0.25) is 11.7 Å². The Morgan fingerprint density at radius 2 is 1.64 bits per heavy atom. The van der Waals surface area contributed by atoms with Crippen molar-refractivity contribution in [2.24, 2.45) is 0 Å². The van der Waals surface area contributed by atoms with Gasteiger partial charge >= 0.3 is 0 Å². The number of carbonyl (C=O) groups excluding carboxylic acids is 2. The lowest BCUT2D eigenvalue weighted by Gasteiger charge is -2.33. The monoisotopic (exact) mass is 528 g/mol.